The Balaban J connectivity index is 1.54. The lowest BCUT2D eigenvalue weighted by Gasteiger charge is -2.23. The van der Waals surface area contributed by atoms with Crippen molar-refractivity contribution in [3.05, 3.63) is 29.8 Å². The number of rotatable bonds is 5. The van der Waals surface area contributed by atoms with Gasteiger partial charge >= 0.3 is 12.0 Å². The van der Waals surface area contributed by atoms with E-state index in [1.807, 2.05) is 31.2 Å². The van der Waals surface area contributed by atoms with Crippen molar-refractivity contribution in [2.45, 2.75) is 39.2 Å². The van der Waals surface area contributed by atoms with Crippen molar-refractivity contribution in [1.82, 2.24) is 10.2 Å². The second-order valence-corrected chi connectivity index (χ2v) is 7.59. The summed E-state index contributed by atoms with van der Waals surface area (Å²) in [7, 11) is 0. The van der Waals surface area contributed by atoms with E-state index in [1.54, 1.807) is 11.8 Å². The molecule has 2 atom stereocenters. The van der Waals surface area contributed by atoms with Gasteiger partial charge in [0.2, 0.25) is 5.91 Å². The first-order valence-electron chi connectivity index (χ1n) is 8.98. The number of nitrogens with zero attached hydrogens (tertiary/aromatic N) is 1. The summed E-state index contributed by atoms with van der Waals surface area (Å²) in [4.78, 5) is 37.0. The molecule has 7 heteroatoms. The van der Waals surface area contributed by atoms with Gasteiger partial charge in [-0.2, -0.15) is 0 Å². The maximum Gasteiger partial charge on any atom is 0.317 e. The number of anilines is 1. The van der Waals surface area contributed by atoms with E-state index in [9.17, 15) is 19.5 Å². The Labute approximate surface area is 152 Å². The van der Waals surface area contributed by atoms with Crippen LogP contribution >= 0.6 is 0 Å². The van der Waals surface area contributed by atoms with Crippen molar-refractivity contribution in [3.8, 4) is 0 Å². The first-order valence-corrected chi connectivity index (χ1v) is 8.98. The number of carbonyl (C=O) groups is 3. The minimum Gasteiger partial charge on any atom is -0.481 e. The lowest BCUT2D eigenvalue weighted by atomic mass is 9.90. The maximum atomic E-state index is 12.4. The third-order valence-corrected chi connectivity index (χ3v) is 5.24. The number of urea groups is 1. The van der Waals surface area contributed by atoms with Crippen molar-refractivity contribution in [2.24, 2.45) is 11.3 Å². The lowest BCUT2D eigenvalue weighted by molar-refractivity contribution is -0.147. The highest BCUT2D eigenvalue weighted by molar-refractivity contribution is 5.94. The molecule has 2 unspecified atom stereocenters. The minimum absolute atomic E-state index is 0.0645. The van der Waals surface area contributed by atoms with Gasteiger partial charge in [-0.3, -0.25) is 9.59 Å². The number of amides is 3. The molecular formula is C19H25N3O4. The van der Waals surface area contributed by atoms with Crippen LogP contribution < -0.4 is 10.6 Å². The molecule has 0 aromatic heterocycles. The molecule has 1 saturated carbocycles. The highest BCUT2D eigenvalue weighted by Gasteiger charge is 2.42. The molecule has 140 valence electrons. The summed E-state index contributed by atoms with van der Waals surface area (Å²) in [5.74, 6) is -0.649. The van der Waals surface area contributed by atoms with Gasteiger partial charge in [0.25, 0.3) is 0 Å². The van der Waals surface area contributed by atoms with Crippen molar-refractivity contribution < 1.29 is 19.5 Å². The van der Waals surface area contributed by atoms with Gasteiger partial charge in [-0.1, -0.05) is 12.1 Å². The Hall–Kier alpha value is -2.57. The summed E-state index contributed by atoms with van der Waals surface area (Å²) in [5.41, 5.74) is 0.797. The normalized spacial score (nSPS) is 23.4. The van der Waals surface area contributed by atoms with Gasteiger partial charge in [-0.15, -0.1) is 0 Å². The van der Waals surface area contributed by atoms with E-state index in [-0.39, 0.29) is 30.4 Å². The molecule has 0 bridgehead atoms. The summed E-state index contributed by atoms with van der Waals surface area (Å²) in [5, 5.41) is 15.1. The summed E-state index contributed by atoms with van der Waals surface area (Å²) in [6, 6.07) is 6.93. The van der Waals surface area contributed by atoms with Gasteiger partial charge in [0.1, 0.15) is 0 Å². The molecule has 3 rings (SSSR count). The SMILES string of the molecule is CC(NC(=O)N1CCC(C)(C(=O)O)C1)c1ccc(NC(=O)C2CC2)cc1. The summed E-state index contributed by atoms with van der Waals surface area (Å²) >= 11 is 0. The van der Waals surface area contributed by atoms with Crippen LogP contribution in [0.4, 0.5) is 10.5 Å². The van der Waals surface area contributed by atoms with Crippen LogP contribution in [0, 0.1) is 11.3 Å². The van der Waals surface area contributed by atoms with Crippen LogP contribution in [0.3, 0.4) is 0 Å². The van der Waals surface area contributed by atoms with Crippen LogP contribution in [0.2, 0.25) is 0 Å². The molecule has 1 aromatic rings. The topological polar surface area (TPSA) is 98.7 Å². The Bertz CT molecular complexity index is 714. The fraction of sp³-hybridized carbons (Fsp3) is 0.526. The molecule has 26 heavy (non-hydrogen) atoms. The summed E-state index contributed by atoms with van der Waals surface area (Å²) in [6.45, 7) is 4.20. The smallest absolute Gasteiger partial charge is 0.317 e. The predicted molar refractivity (Wildman–Crippen MR) is 96.7 cm³/mol. The zero-order valence-electron chi connectivity index (χ0n) is 15.1. The van der Waals surface area contributed by atoms with Crippen molar-refractivity contribution in [1.29, 1.82) is 0 Å². The van der Waals surface area contributed by atoms with Crippen LogP contribution in [-0.4, -0.2) is 41.0 Å². The molecule has 7 nitrogen and oxygen atoms in total. The molecule has 0 radical (unpaired) electrons. The standard InChI is InChI=1S/C19H25N3O4/c1-12(20-18(26)22-10-9-19(2,11-22)17(24)25)13-5-7-15(8-6-13)21-16(23)14-3-4-14/h5-8,12,14H,3-4,9-11H2,1-2H3,(H,20,26)(H,21,23)(H,24,25). The summed E-state index contributed by atoms with van der Waals surface area (Å²) < 4.78 is 0. The first kappa shape index (κ1) is 18.2. The highest BCUT2D eigenvalue weighted by Crippen LogP contribution is 2.31. The number of likely N-dealkylation sites (tertiary alicyclic amines) is 1. The van der Waals surface area contributed by atoms with Crippen molar-refractivity contribution >= 4 is 23.6 Å². The van der Waals surface area contributed by atoms with Crippen LogP contribution in [-0.2, 0) is 9.59 Å². The Morgan fingerprint density at radius 1 is 1.23 bits per heavy atom. The molecule has 0 spiro atoms. The molecule has 3 N–H and O–H groups in total. The fourth-order valence-corrected chi connectivity index (χ4v) is 3.11. The molecule has 2 aliphatic rings. The van der Waals surface area contributed by atoms with E-state index >= 15 is 0 Å². The second-order valence-electron chi connectivity index (χ2n) is 7.59. The van der Waals surface area contributed by atoms with Crippen LogP contribution in [0.15, 0.2) is 24.3 Å². The van der Waals surface area contributed by atoms with E-state index in [0.717, 1.165) is 24.1 Å². The van der Waals surface area contributed by atoms with Gasteiger partial charge in [-0.25, -0.2) is 4.79 Å². The fourth-order valence-electron chi connectivity index (χ4n) is 3.11. The maximum absolute atomic E-state index is 12.4. The second kappa shape index (κ2) is 6.97. The zero-order valence-corrected chi connectivity index (χ0v) is 15.1. The van der Waals surface area contributed by atoms with Gasteiger partial charge in [-0.05, 0) is 50.8 Å². The van der Waals surface area contributed by atoms with E-state index in [4.69, 9.17) is 0 Å². The zero-order chi connectivity index (χ0) is 18.9. The van der Waals surface area contributed by atoms with E-state index in [2.05, 4.69) is 10.6 Å². The molecular weight excluding hydrogens is 334 g/mol. The summed E-state index contributed by atoms with van der Waals surface area (Å²) in [6.07, 6.45) is 2.38. The van der Waals surface area contributed by atoms with Crippen molar-refractivity contribution in [2.75, 3.05) is 18.4 Å². The quantitative estimate of drug-likeness (QED) is 0.752. The average molecular weight is 359 g/mol. The third kappa shape index (κ3) is 3.98. The Kier molecular flexibility index (Phi) is 4.89. The Morgan fingerprint density at radius 2 is 1.88 bits per heavy atom. The van der Waals surface area contributed by atoms with E-state index < -0.39 is 11.4 Å². The Morgan fingerprint density at radius 3 is 2.42 bits per heavy atom. The van der Waals surface area contributed by atoms with Crippen LogP contribution in [0.5, 0.6) is 0 Å². The molecule has 3 amide bonds. The monoisotopic (exact) mass is 359 g/mol. The molecule has 1 aliphatic carbocycles. The van der Waals surface area contributed by atoms with Crippen LogP contribution in [0.1, 0.15) is 44.7 Å². The average Bonchev–Trinajstić information content (AvgIpc) is 3.37. The number of benzene rings is 1. The first-order chi connectivity index (χ1) is 12.3. The van der Waals surface area contributed by atoms with Gasteiger partial charge in [0, 0.05) is 24.7 Å². The predicted octanol–water partition coefficient (Wildman–Crippen LogP) is 2.60. The highest BCUT2D eigenvalue weighted by atomic mass is 16.4. The van der Waals surface area contributed by atoms with Gasteiger partial charge < -0.3 is 20.6 Å². The van der Waals surface area contributed by atoms with Crippen molar-refractivity contribution in [3.63, 3.8) is 0 Å². The van der Waals surface area contributed by atoms with E-state index in [0.29, 0.717) is 13.0 Å². The largest absolute Gasteiger partial charge is 0.481 e. The van der Waals surface area contributed by atoms with Crippen LogP contribution in [0.25, 0.3) is 0 Å². The molecule has 1 heterocycles. The molecule has 1 aliphatic heterocycles. The number of hydrogen-bond donors (Lipinski definition) is 3. The molecule has 1 aromatic carbocycles. The van der Waals surface area contributed by atoms with E-state index in [1.165, 1.54) is 0 Å². The number of nitrogens with one attached hydrogen (secondary N) is 2. The number of carboxylic acid groups (broad SMARTS) is 1. The number of aliphatic carboxylic acids is 1. The molecule has 1 saturated heterocycles. The number of carboxylic acids is 1. The third-order valence-electron chi connectivity index (χ3n) is 5.24. The van der Waals surface area contributed by atoms with Gasteiger partial charge in [0.05, 0.1) is 11.5 Å². The molecule has 2 fully saturated rings. The number of carbonyl (C=O) groups excluding carboxylic acids is 2. The minimum atomic E-state index is -0.873. The number of hydrogen-bond acceptors (Lipinski definition) is 3. The van der Waals surface area contributed by atoms with Gasteiger partial charge in [0.15, 0.2) is 0 Å². The lowest BCUT2D eigenvalue weighted by Crippen LogP contribution is -2.41.